The van der Waals surface area contributed by atoms with Gasteiger partial charge in [-0.15, -0.1) is 23.1 Å². The number of aryl methyl sites for hydroxylation is 1. The van der Waals surface area contributed by atoms with E-state index in [1.54, 1.807) is 35.2 Å². The number of nitrogens with one attached hydrogen (secondary N) is 1. The topological polar surface area (TPSA) is 68.3 Å². The summed E-state index contributed by atoms with van der Waals surface area (Å²) in [6, 6.07) is 7.31. The van der Waals surface area contributed by atoms with Gasteiger partial charge >= 0.3 is 5.97 Å². The van der Waals surface area contributed by atoms with Crippen LogP contribution in [0.25, 0.3) is 0 Å². The Bertz CT molecular complexity index is 788. The highest BCUT2D eigenvalue weighted by molar-refractivity contribution is 7.98. The molecule has 0 bridgehead atoms. The highest BCUT2D eigenvalue weighted by Gasteiger charge is 2.12. The van der Waals surface area contributed by atoms with Crippen molar-refractivity contribution in [1.29, 1.82) is 0 Å². The quantitative estimate of drug-likeness (QED) is 0.387. The molecule has 1 heterocycles. The number of ether oxygens (including phenoxy) is 1. The average molecular weight is 435 g/mol. The second kappa shape index (κ2) is 12.0. The average Bonchev–Trinajstić information content (AvgIpc) is 3.10. The van der Waals surface area contributed by atoms with Crippen LogP contribution in [-0.2, 0) is 15.3 Å². The van der Waals surface area contributed by atoms with E-state index in [2.05, 4.69) is 29.5 Å². The van der Waals surface area contributed by atoms with Gasteiger partial charge in [0.25, 0.3) is 5.91 Å². The van der Waals surface area contributed by atoms with Crippen LogP contribution in [0.2, 0.25) is 0 Å². The summed E-state index contributed by atoms with van der Waals surface area (Å²) in [5.41, 5.74) is 1.50. The van der Waals surface area contributed by atoms with Crippen molar-refractivity contribution in [2.24, 2.45) is 5.92 Å². The summed E-state index contributed by atoms with van der Waals surface area (Å²) < 4.78 is 5.14. The Kier molecular flexibility index (Phi) is 9.67. The lowest BCUT2D eigenvalue weighted by atomic mass is 10.0. The van der Waals surface area contributed by atoms with Gasteiger partial charge in [-0.25, -0.2) is 9.78 Å². The molecule has 1 aromatic carbocycles. The minimum absolute atomic E-state index is 0.0813. The molecule has 7 heteroatoms. The van der Waals surface area contributed by atoms with Gasteiger partial charge in [-0.3, -0.25) is 4.79 Å². The number of carbonyl (C=O) groups is 2. The number of carbonyl (C=O) groups excluding carboxylic acids is 2. The molecule has 1 unspecified atom stereocenters. The molecule has 0 radical (unpaired) electrons. The Labute approximate surface area is 181 Å². The number of hydrogen-bond donors (Lipinski definition) is 1. The lowest BCUT2D eigenvalue weighted by molar-refractivity contribution is -0.124. The summed E-state index contributed by atoms with van der Waals surface area (Å²) in [6.07, 6.45) is 3.15. The van der Waals surface area contributed by atoms with E-state index in [0.717, 1.165) is 40.6 Å². The van der Waals surface area contributed by atoms with E-state index in [-0.39, 0.29) is 18.6 Å². The van der Waals surface area contributed by atoms with E-state index in [9.17, 15) is 9.59 Å². The molecular weight excluding hydrogens is 404 g/mol. The van der Waals surface area contributed by atoms with E-state index < -0.39 is 5.97 Å². The summed E-state index contributed by atoms with van der Waals surface area (Å²) in [5, 5.41) is 6.00. The van der Waals surface area contributed by atoms with Gasteiger partial charge in [-0.2, -0.15) is 0 Å². The smallest absolute Gasteiger partial charge is 0.338 e. The summed E-state index contributed by atoms with van der Waals surface area (Å²) in [4.78, 5) is 29.6. The monoisotopic (exact) mass is 434 g/mol. The molecule has 0 fully saturated rings. The second-order valence-corrected chi connectivity index (χ2v) is 9.65. The van der Waals surface area contributed by atoms with Gasteiger partial charge in [-0.05, 0) is 50.5 Å². The number of esters is 1. The Morgan fingerprint density at radius 1 is 1.17 bits per heavy atom. The van der Waals surface area contributed by atoms with Gasteiger partial charge in [0.2, 0.25) is 0 Å². The number of hydrogen-bond acceptors (Lipinski definition) is 6. The fourth-order valence-electron chi connectivity index (χ4n) is 2.75. The van der Waals surface area contributed by atoms with Crippen molar-refractivity contribution in [3.63, 3.8) is 0 Å². The minimum atomic E-state index is -0.487. The van der Waals surface area contributed by atoms with Crippen molar-refractivity contribution < 1.29 is 14.3 Å². The van der Waals surface area contributed by atoms with Crippen molar-refractivity contribution in [2.45, 2.75) is 63.6 Å². The predicted molar refractivity (Wildman–Crippen MR) is 119 cm³/mol. The molecule has 29 heavy (non-hydrogen) atoms. The SMILES string of the molecule is Cc1nc(CSc2ccc(C(=O)OCC(=O)NC(C)CCCC(C)C)cc2)cs1. The first-order valence-corrected chi connectivity index (χ1v) is 11.8. The van der Waals surface area contributed by atoms with Crippen LogP contribution in [0.5, 0.6) is 0 Å². The first-order valence-electron chi connectivity index (χ1n) is 9.94. The number of nitrogens with zero attached hydrogens (tertiary/aromatic N) is 1. The van der Waals surface area contributed by atoms with E-state index in [4.69, 9.17) is 4.74 Å². The zero-order valence-corrected chi connectivity index (χ0v) is 19.2. The maximum absolute atomic E-state index is 12.2. The van der Waals surface area contributed by atoms with Gasteiger partial charge in [0.05, 0.1) is 16.3 Å². The van der Waals surface area contributed by atoms with Crippen LogP contribution in [0.1, 0.15) is 61.1 Å². The molecule has 1 aromatic heterocycles. The van der Waals surface area contributed by atoms with Gasteiger partial charge in [0.15, 0.2) is 6.61 Å². The van der Waals surface area contributed by atoms with Crippen LogP contribution in [0.3, 0.4) is 0 Å². The zero-order chi connectivity index (χ0) is 21.2. The van der Waals surface area contributed by atoms with E-state index in [1.165, 1.54) is 0 Å². The van der Waals surface area contributed by atoms with Gasteiger partial charge in [0, 0.05) is 22.1 Å². The molecule has 1 N–H and O–H groups in total. The Morgan fingerprint density at radius 3 is 2.52 bits per heavy atom. The fraction of sp³-hybridized carbons (Fsp3) is 0.500. The number of benzene rings is 1. The fourth-order valence-corrected chi connectivity index (χ4v) is 4.26. The van der Waals surface area contributed by atoms with Crippen molar-refractivity contribution in [3.8, 4) is 0 Å². The van der Waals surface area contributed by atoms with Crippen molar-refractivity contribution in [3.05, 3.63) is 45.9 Å². The lowest BCUT2D eigenvalue weighted by Crippen LogP contribution is -2.35. The largest absolute Gasteiger partial charge is 0.452 e. The van der Waals surface area contributed by atoms with Crippen LogP contribution >= 0.6 is 23.1 Å². The van der Waals surface area contributed by atoms with Crippen LogP contribution in [0.15, 0.2) is 34.5 Å². The molecule has 0 aliphatic carbocycles. The van der Waals surface area contributed by atoms with E-state index in [0.29, 0.717) is 11.5 Å². The molecular formula is C22H30N2O3S2. The summed E-state index contributed by atoms with van der Waals surface area (Å²) >= 11 is 3.31. The van der Waals surface area contributed by atoms with Crippen molar-refractivity contribution in [2.75, 3.05) is 6.61 Å². The number of thioether (sulfide) groups is 1. The molecule has 1 atom stereocenters. The molecule has 0 aliphatic heterocycles. The molecule has 0 aliphatic rings. The highest BCUT2D eigenvalue weighted by Crippen LogP contribution is 2.24. The van der Waals surface area contributed by atoms with Crippen LogP contribution in [-0.4, -0.2) is 29.5 Å². The molecule has 0 saturated heterocycles. The van der Waals surface area contributed by atoms with Crippen LogP contribution < -0.4 is 5.32 Å². The third-order valence-electron chi connectivity index (χ3n) is 4.30. The Hall–Kier alpha value is -1.86. The summed E-state index contributed by atoms with van der Waals surface area (Å²) in [6.45, 7) is 8.09. The third-order valence-corrected chi connectivity index (χ3v) is 6.17. The number of thiazole rings is 1. The first kappa shape index (κ1) is 23.4. The molecule has 0 spiro atoms. The molecule has 1 amide bonds. The van der Waals surface area contributed by atoms with E-state index in [1.807, 2.05) is 26.0 Å². The number of aromatic nitrogens is 1. The zero-order valence-electron chi connectivity index (χ0n) is 17.6. The molecule has 2 aromatic rings. The number of rotatable bonds is 11. The molecule has 2 rings (SSSR count). The number of amides is 1. The maximum Gasteiger partial charge on any atom is 0.338 e. The Balaban J connectivity index is 1.70. The summed E-state index contributed by atoms with van der Waals surface area (Å²) in [5.74, 6) is 0.712. The van der Waals surface area contributed by atoms with E-state index >= 15 is 0 Å². The van der Waals surface area contributed by atoms with Crippen molar-refractivity contribution in [1.82, 2.24) is 10.3 Å². The Morgan fingerprint density at radius 2 is 1.90 bits per heavy atom. The first-order chi connectivity index (χ1) is 13.8. The highest BCUT2D eigenvalue weighted by atomic mass is 32.2. The van der Waals surface area contributed by atoms with Gasteiger partial charge in [0.1, 0.15) is 0 Å². The van der Waals surface area contributed by atoms with Gasteiger partial charge in [-0.1, -0.05) is 26.7 Å². The predicted octanol–water partition coefficient (Wildman–Crippen LogP) is 5.23. The second-order valence-electron chi connectivity index (χ2n) is 7.54. The normalized spacial score (nSPS) is 12.0. The third kappa shape index (κ3) is 9.00. The van der Waals surface area contributed by atoms with Gasteiger partial charge < -0.3 is 10.1 Å². The van der Waals surface area contributed by atoms with Crippen LogP contribution in [0.4, 0.5) is 0 Å². The van der Waals surface area contributed by atoms with Crippen LogP contribution in [0, 0.1) is 12.8 Å². The van der Waals surface area contributed by atoms with Crippen molar-refractivity contribution >= 4 is 35.0 Å². The summed E-state index contributed by atoms with van der Waals surface area (Å²) in [7, 11) is 0. The molecule has 5 nitrogen and oxygen atoms in total. The maximum atomic E-state index is 12.2. The molecule has 158 valence electrons. The lowest BCUT2D eigenvalue weighted by Gasteiger charge is -2.14. The molecule has 0 saturated carbocycles. The standard InChI is InChI=1S/C22H30N2O3S2/c1-15(2)6-5-7-16(3)23-21(25)12-27-22(26)18-8-10-20(11-9-18)29-14-19-13-28-17(4)24-19/h8-11,13,15-16H,5-7,12,14H2,1-4H3,(H,23,25). The minimum Gasteiger partial charge on any atom is -0.452 e.